The molecule has 1 aromatic carbocycles. The summed E-state index contributed by atoms with van der Waals surface area (Å²) in [4.78, 5) is 14.4. The van der Waals surface area contributed by atoms with Gasteiger partial charge in [-0.1, -0.05) is 49.9 Å². The molecule has 0 saturated carbocycles. The quantitative estimate of drug-likeness (QED) is 0.509. The number of benzene rings is 1. The van der Waals surface area contributed by atoms with Crippen molar-refractivity contribution in [3.63, 3.8) is 0 Å². The Bertz CT molecular complexity index is 489. The number of hydrogen-bond acceptors (Lipinski definition) is 2. The van der Waals surface area contributed by atoms with Crippen LogP contribution >= 0.6 is 23.2 Å². The van der Waals surface area contributed by atoms with Crippen molar-refractivity contribution in [3.8, 4) is 0 Å². The second kappa shape index (κ2) is 12.4. The number of carbonyl (C=O) groups excluding carboxylic acids is 1. The Morgan fingerprint density at radius 3 is 2.21 bits per heavy atom. The highest BCUT2D eigenvalue weighted by molar-refractivity contribution is 6.42. The van der Waals surface area contributed by atoms with E-state index in [-0.39, 0.29) is 6.03 Å². The lowest BCUT2D eigenvalue weighted by Gasteiger charge is -2.21. The molecule has 0 unspecified atom stereocenters. The highest BCUT2D eigenvalue weighted by Gasteiger charge is 2.06. The van der Waals surface area contributed by atoms with Crippen molar-refractivity contribution < 1.29 is 4.79 Å². The maximum absolute atomic E-state index is 11.9. The average Bonchev–Trinajstić information content (AvgIpc) is 2.56. The summed E-state index contributed by atoms with van der Waals surface area (Å²) in [6, 6.07) is 4.81. The van der Waals surface area contributed by atoms with Gasteiger partial charge in [0, 0.05) is 12.2 Å². The van der Waals surface area contributed by atoms with E-state index >= 15 is 0 Å². The molecule has 0 radical (unpaired) electrons. The standard InChI is InChI=1S/C18H29Cl2N3O/c1-3-5-11-23(12-6-4-2)13-7-10-21-18(24)22-15-8-9-16(19)17(20)14-15/h8-9,14H,3-7,10-13H2,1-2H3,(H2,21,22,24). The molecule has 1 rings (SSSR count). The van der Waals surface area contributed by atoms with Crippen LogP contribution in [0.4, 0.5) is 10.5 Å². The van der Waals surface area contributed by atoms with Gasteiger partial charge in [0.2, 0.25) is 0 Å². The zero-order chi connectivity index (χ0) is 17.8. The number of amides is 2. The van der Waals surface area contributed by atoms with E-state index in [0.717, 1.165) is 26.1 Å². The van der Waals surface area contributed by atoms with Crippen LogP contribution in [0.1, 0.15) is 46.0 Å². The molecule has 0 aromatic heterocycles. The number of urea groups is 1. The minimum atomic E-state index is -0.220. The van der Waals surface area contributed by atoms with Crippen LogP contribution in [0, 0.1) is 0 Å². The number of carbonyl (C=O) groups is 1. The molecule has 2 amide bonds. The Morgan fingerprint density at radius 2 is 1.62 bits per heavy atom. The van der Waals surface area contributed by atoms with E-state index in [1.165, 1.54) is 25.7 Å². The van der Waals surface area contributed by atoms with Crippen molar-refractivity contribution in [3.05, 3.63) is 28.2 Å². The Kier molecular flexibility index (Phi) is 10.9. The van der Waals surface area contributed by atoms with Crippen LogP contribution < -0.4 is 10.6 Å². The molecule has 136 valence electrons. The second-order valence-electron chi connectivity index (χ2n) is 5.91. The van der Waals surface area contributed by atoms with Crippen LogP contribution in [-0.4, -0.2) is 37.1 Å². The van der Waals surface area contributed by atoms with Gasteiger partial charge in [0.05, 0.1) is 10.0 Å². The zero-order valence-corrected chi connectivity index (χ0v) is 16.2. The van der Waals surface area contributed by atoms with Gasteiger partial charge in [0.15, 0.2) is 0 Å². The molecule has 0 fully saturated rings. The van der Waals surface area contributed by atoms with Gasteiger partial charge in [0.1, 0.15) is 0 Å². The first-order chi connectivity index (χ1) is 11.6. The fourth-order valence-corrected chi connectivity index (χ4v) is 2.65. The summed E-state index contributed by atoms with van der Waals surface area (Å²) in [7, 11) is 0. The van der Waals surface area contributed by atoms with E-state index in [4.69, 9.17) is 23.2 Å². The Labute approximate surface area is 155 Å². The van der Waals surface area contributed by atoms with Gasteiger partial charge < -0.3 is 15.5 Å². The molecule has 24 heavy (non-hydrogen) atoms. The first-order valence-electron chi connectivity index (χ1n) is 8.79. The van der Waals surface area contributed by atoms with Crippen LogP contribution in [0.5, 0.6) is 0 Å². The van der Waals surface area contributed by atoms with Crippen LogP contribution in [0.2, 0.25) is 10.0 Å². The van der Waals surface area contributed by atoms with Crippen LogP contribution in [-0.2, 0) is 0 Å². The molecule has 0 aliphatic rings. The zero-order valence-electron chi connectivity index (χ0n) is 14.7. The average molecular weight is 374 g/mol. The molecule has 0 atom stereocenters. The van der Waals surface area contributed by atoms with Gasteiger partial charge in [-0.3, -0.25) is 0 Å². The van der Waals surface area contributed by atoms with Crippen LogP contribution in [0.15, 0.2) is 18.2 Å². The van der Waals surface area contributed by atoms with E-state index < -0.39 is 0 Å². The third kappa shape index (κ3) is 8.76. The SMILES string of the molecule is CCCCN(CCCC)CCCNC(=O)Nc1ccc(Cl)c(Cl)c1. The predicted octanol–water partition coefficient (Wildman–Crippen LogP) is 5.41. The monoisotopic (exact) mass is 373 g/mol. The van der Waals surface area contributed by atoms with Gasteiger partial charge >= 0.3 is 6.03 Å². The number of halogens is 2. The molecule has 0 bridgehead atoms. The number of hydrogen-bond donors (Lipinski definition) is 2. The molecular weight excluding hydrogens is 345 g/mol. The Balaban J connectivity index is 2.26. The normalized spacial score (nSPS) is 10.9. The molecule has 0 saturated heterocycles. The molecule has 6 heteroatoms. The van der Waals surface area contributed by atoms with E-state index in [0.29, 0.717) is 22.3 Å². The van der Waals surface area contributed by atoms with E-state index in [1.807, 2.05) is 0 Å². The summed E-state index contributed by atoms with van der Waals surface area (Å²) >= 11 is 11.8. The fourth-order valence-electron chi connectivity index (χ4n) is 2.35. The van der Waals surface area contributed by atoms with Gasteiger partial charge in [-0.25, -0.2) is 4.79 Å². The van der Waals surface area contributed by atoms with Crippen molar-refractivity contribution in [1.29, 1.82) is 0 Å². The molecule has 1 aromatic rings. The number of rotatable bonds is 11. The minimum absolute atomic E-state index is 0.220. The lowest BCUT2D eigenvalue weighted by molar-refractivity contribution is 0.246. The van der Waals surface area contributed by atoms with E-state index in [9.17, 15) is 4.79 Å². The molecular formula is C18H29Cl2N3O. The highest BCUT2D eigenvalue weighted by atomic mass is 35.5. The van der Waals surface area contributed by atoms with Gasteiger partial charge in [-0.05, 0) is 57.1 Å². The first kappa shape index (κ1) is 21.1. The summed E-state index contributed by atoms with van der Waals surface area (Å²) in [6.07, 6.45) is 5.84. The number of nitrogens with zero attached hydrogens (tertiary/aromatic N) is 1. The lowest BCUT2D eigenvalue weighted by Crippen LogP contribution is -2.33. The van der Waals surface area contributed by atoms with Crippen molar-refractivity contribution in [2.75, 3.05) is 31.5 Å². The molecule has 4 nitrogen and oxygen atoms in total. The molecule has 0 heterocycles. The summed E-state index contributed by atoms with van der Waals surface area (Å²) in [6.45, 7) is 8.40. The third-order valence-corrected chi connectivity index (χ3v) is 4.51. The number of anilines is 1. The first-order valence-corrected chi connectivity index (χ1v) is 9.54. The molecule has 0 spiro atoms. The topological polar surface area (TPSA) is 44.4 Å². The van der Waals surface area contributed by atoms with Crippen molar-refractivity contribution in [1.82, 2.24) is 10.2 Å². The lowest BCUT2D eigenvalue weighted by atomic mass is 10.2. The Hall–Kier alpha value is -0.970. The fraction of sp³-hybridized carbons (Fsp3) is 0.611. The highest BCUT2D eigenvalue weighted by Crippen LogP contribution is 2.24. The molecule has 2 N–H and O–H groups in total. The maximum Gasteiger partial charge on any atom is 0.319 e. The van der Waals surface area contributed by atoms with Crippen molar-refractivity contribution in [2.24, 2.45) is 0 Å². The van der Waals surface area contributed by atoms with Gasteiger partial charge in [-0.2, -0.15) is 0 Å². The van der Waals surface area contributed by atoms with Crippen molar-refractivity contribution in [2.45, 2.75) is 46.0 Å². The Morgan fingerprint density at radius 1 is 1.00 bits per heavy atom. The summed E-state index contributed by atoms with van der Waals surface area (Å²) < 4.78 is 0. The van der Waals surface area contributed by atoms with Gasteiger partial charge in [-0.15, -0.1) is 0 Å². The minimum Gasteiger partial charge on any atom is -0.338 e. The largest absolute Gasteiger partial charge is 0.338 e. The summed E-state index contributed by atoms with van der Waals surface area (Å²) in [5, 5.41) is 6.54. The number of nitrogens with one attached hydrogen (secondary N) is 2. The van der Waals surface area contributed by atoms with Crippen LogP contribution in [0.3, 0.4) is 0 Å². The molecule has 0 aliphatic carbocycles. The predicted molar refractivity (Wildman–Crippen MR) is 104 cm³/mol. The van der Waals surface area contributed by atoms with Gasteiger partial charge in [0.25, 0.3) is 0 Å². The number of unbranched alkanes of at least 4 members (excludes halogenated alkanes) is 2. The van der Waals surface area contributed by atoms with E-state index in [1.54, 1.807) is 18.2 Å². The smallest absolute Gasteiger partial charge is 0.319 e. The summed E-state index contributed by atoms with van der Waals surface area (Å²) in [5.74, 6) is 0. The van der Waals surface area contributed by atoms with Crippen molar-refractivity contribution >= 4 is 34.9 Å². The second-order valence-corrected chi connectivity index (χ2v) is 6.73. The third-order valence-electron chi connectivity index (χ3n) is 3.77. The summed E-state index contributed by atoms with van der Waals surface area (Å²) in [5.41, 5.74) is 0.634. The van der Waals surface area contributed by atoms with E-state index in [2.05, 4.69) is 29.4 Å². The molecule has 0 aliphatic heterocycles. The van der Waals surface area contributed by atoms with Crippen LogP contribution in [0.25, 0.3) is 0 Å². The maximum atomic E-state index is 11.9.